The molecule has 1 aromatic heterocycles. The fourth-order valence-electron chi connectivity index (χ4n) is 1.41. The van der Waals surface area contributed by atoms with Crippen LogP contribution in [0.15, 0.2) is 6.20 Å². The molecule has 13 heavy (non-hydrogen) atoms. The predicted octanol–water partition coefficient (Wildman–Crippen LogP) is 0.143. The van der Waals surface area contributed by atoms with Gasteiger partial charge in [-0.1, -0.05) is 0 Å². The van der Waals surface area contributed by atoms with E-state index in [0.29, 0.717) is 13.2 Å². The highest BCUT2D eigenvalue weighted by molar-refractivity contribution is 5.78. The van der Waals surface area contributed by atoms with Crippen LogP contribution in [0.2, 0.25) is 0 Å². The fourth-order valence-corrected chi connectivity index (χ4v) is 1.41. The largest absolute Gasteiger partial charge is 0.378 e. The van der Waals surface area contributed by atoms with Crippen molar-refractivity contribution in [3.8, 4) is 0 Å². The quantitative estimate of drug-likeness (QED) is 0.706. The molecule has 1 N–H and O–H groups in total. The molecule has 2 rings (SSSR count). The van der Waals surface area contributed by atoms with Gasteiger partial charge in [0.1, 0.15) is 5.82 Å². The molecular formula is C8H11N3O2. The molecular weight excluding hydrogens is 170 g/mol. The van der Waals surface area contributed by atoms with E-state index in [-0.39, 0.29) is 6.03 Å². The summed E-state index contributed by atoms with van der Waals surface area (Å²) in [6.45, 7) is 1.12. The van der Waals surface area contributed by atoms with E-state index in [2.05, 4.69) is 10.3 Å². The van der Waals surface area contributed by atoms with Gasteiger partial charge in [0.2, 0.25) is 0 Å². The van der Waals surface area contributed by atoms with Crippen LogP contribution in [0.3, 0.4) is 0 Å². The molecule has 0 spiro atoms. The Kier molecular flexibility index (Phi) is 2.02. The summed E-state index contributed by atoms with van der Waals surface area (Å²) in [4.78, 5) is 15.5. The van der Waals surface area contributed by atoms with Crippen LogP contribution in [0.4, 0.5) is 4.79 Å². The number of carbonyl (C=O) groups excluding carboxylic acids is 1. The van der Waals surface area contributed by atoms with Crippen LogP contribution >= 0.6 is 0 Å². The molecule has 0 aliphatic carbocycles. The molecule has 70 valence electrons. The van der Waals surface area contributed by atoms with Crippen molar-refractivity contribution in [2.24, 2.45) is 0 Å². The van der Waals surface area contributed by atoms with Gasteiger partial charge in [-0.15, -0.1) is 0 Å². The Hall–Kier alpha value is -1.36. The Morgan fingerprint density at radius 3 is 3.31 bits per heavy atom. The summed E-state index contributed by atoms with van der Waals surface area (Å²) in [7, 11) is 1.61. The zero-order valence-electron chi connectivity index (χ0n) is 7.41. The van der Waals surface area contributed by atoms with E-state index in [9.17, 15) is 4.79 Å². The minimum Gasteiger partial charge on any atom is -0.378 e. The van der Waals surface area contributed by atoms with Crippen molar-refractivity contribution < 1.29 is 9.53 Å². The minimum atomic E-state index is -0.101. The van der Waals surface area contributed by atoms with Crippen molar-refractivity contribution in [1.29, 1.82) is 0 Å². The van der Waals surface area contributed by atoms with Crippen molar-refractivity contribution in [2.45, 2.75) is 13.0 Å². The number of fused-ring (bicyclic) bond motifs is 1. The van der Waals surface area contributed by atoms with E-state index < -0.39 is 0 Å². The molecule has 0 atom stereocenters. The lowest BCUT2D eigenvalue weighted by molar-refractivity contribution is 0.181. The number of ether oxygens (including phenoxy) is 1. The summed E-state index contributed by atoms with van der Waals surface area (Å²) in [5.74, 6) is 0.816. The van der Waals surface area contributed by atoms with Gasteiger partial charge < -0.3 is 10.1 Å². The van der Waals surface area contributed by atoms with Crippen LogP contribution in [-0.4, -0.2) is 29.2 Å². The normalized spacial score (nSPS) is 15.3. The van der Waals surface area contributed by atoms with E-state index in [1.54, 1.807) is 13.3 Å². The van der Waals surface area contributed by atoms with E-state index in [4.69, 9.17) is 4.74 Å². The maximum Gasteiger partial charge on any atom is 0.327 e. The first-order valence-corrected chi connectivity index (χ1v) is 4.15. The number of amides is 1. The van der Waals surface area contributed by atoms with Gasteiger partial charge in [-0.2, -0.15) is 0 Å². The van der Waals surface area contributed by atoms with Crippen LogP contribution in [0.25, 0.3) is 0 Å². The molecule has 1 aromatic rings. The fraction of sp³-hybridized carbons (Fsp3) is 0.500. The molecule has 1 amide bonds. The third kappa shape index (κ3) is 1.42. The second-order valence-electron chi connectivity index (χ2n) is 2.93. The molecule has 1 aliphatic rings. The Morgan fingerprint density at radius 1 is 1.77 bits per heavy atom. The van der Waals surface area contributed by atoms with Gasteiger partial charge in [0.05, 0.1) is 12.3 Å². The highest BCUT2D eigenvalue weighted by Gasteiger charge is 2.17. The lowest BCUT2D eigenvalue weighted by atomic mass is 10.3. The zero-order valence-corrected chi connectivity index (χ0v) is 7.41. The summed E-state index contributed by atoms with van der Waals surface area (Å²) in [6.07, 6.45) is 2.50. The number of nitrogens with one attached hydrogen (secondary N) is 1. The first kappa shape index (κ1) is 8.25. The molecule has 0 saturated carbocycles. The Bertz CT molecular complexity index is 332. The highest BCUT2D eigenvalue weighted by Crippen LogP contribution is 2.07. The summed E-state index contributed by atoms with van der Waals surface area (Å²) in [6, 6.07) is -0.101. The first-order chi connectivity index (χ1) is 6.31. The molecule has 0 unspecified atom stereocenters. The second kappa shape index (κ2) is 3.18. The molecule has 2 heterocycles. The SMILES string of the molecule is COCc1cn2c(n1)CCNC2=O. The van der Waals surface area contributed by atoms with Gasteiger partial charge in [-0.25, -0.2) is 9.78 Å². The zero-order chi connectivity index (χ0) is 9.26. The number of hydrogen-bond donors (Lipinski definition) is 1. The predicted molar refractivity (Wildman–Crippen MR) is 45.4 cm³/mol. The van der Waals surface area contributed by atoms with E-state index >= 15 is 0 Å². The molecule has 5 heteroatoms. The smallest absolute Gasteiger partial charge is 0.327 e. The van der Waals surface area contributed by atoms with Gasteiger partial charge in [-0.05, 0) is 0 Å². The van der Waals surface area contributed by atoms with Crippen LogP contribution in [0, 0.1) is 0 Å². The van der Waals surface area contributed by atoms with Crippen LogP contribution in [0.5, 0.6) is 0 Å². The summed E-state index contributed by atoms with van der Waals surface area (Å²) in [5.41, 5.74) is 0.801. The van der Waals surface area contributed by atoms with Gasteiger partial charge >= 0.3 is 6.03 Å². The number of hydrogen-bond acceptors (Lipinski definition) is 3. The van der Waals surface area contributed by atoms with Crippen molar-refractivity contribution in [3.63, 3.8) is 0 Å². The minimum absolute atomic E-state index is 0.101. The highest BCUT2D eigenvalue weighted by atomic mass is 16.5. The Labute approximate surface area is 75.7 Å². The monoisotopic (exact) mass is 181 g/mol. The van der Waals surface area contributed by atoms with E-state index in [0.717, 1.165) is 17.9 Å². The standard InChI is InChI=1S/C8H11N3O2/c1-13-5-6-4-11-7(10-6)2-3-9-8(11)12/h4H,2-3,5H2,1H3,(H,9,12). The number of carbonyl (C=O) groups is 1. The van der Waals surface area contributed by atoms with Gasteiger partial charge in [0.15, 0.2) is 0 Å². The summed E-state index contributed by atoms with van der Waals surface area (Å²) < 4.78 is 6.47. The van der Waals surface area contributed by atoms with Crippen molar-refractivity contribution in [2.75, 3.05) is 13.7 Å². The van der Waals surface area contributed by atoms with Gasteiger partial charge in [0.25, 0.3) is 0 Å². The van der Waals surface area contributed by atoms with Gasteiger partial charge in [0, 0.05) is 26.3 Å². The average molecular weight is 181 g/mol. The number of aromatic nitrogens is 2. The topological polar surface area (TPSA) is 56.1 Å². The third-order valence-electron chi connectivity index (χ3n) is 1.96. The molecule has 5 nitrogen and oxygen atoms in total. The third-order valence-corrected chi connectivity index (χ3v) is 1.96. The van der Waals surface area contributed by atoms with Crippen molar-refractivity contribution >= 4 is 6.03 Å². The molecule has 0 aromatic carbocycles. The molecule has 0 saturated heterocycles. The lowest BCUT2D eigenvalue weighted by Crippen LogP contribution is -2.36. The lowest BCUT2D eigenvalue weighted by Gasteiger charge is -2.12. The number of nitrogens with zero attached hydrogens (tertiary/aromatic N) is 2. The van der Waals surface area contributed by atoms with Crippen LogP contribution in [0.1, 0.15) is 11.5 Å². The van der Waals surface area contributed by atoms with Crippen molar-refractivity contribution in [1.82, 2.24) is 14.9 Å². The number of imidazole rings is 1. The maximum atomic E-state index is 11.3. The molecule has 0 fully saturated rings. The maximum absolute atomic E-state index is 11.3. The van der Waals surface area contributed by atoms with Crippen molar-refractivity contribution in [3.05, 3.63) is 17.7 Å². The summed E-state index contributed by atoms with van der Waals surface area (Å²) >= 11 is 0. The average Bonchev–Trinajstić information content (AvgIpc) is 2.49. The second-order valence-corrected chi connectivity index (χ2v) is 2.93. The summed E-state index contributed by atoms with van der Waals surface area (Å²) in [5, 5.41) is 2.74. The Balaban J connectivity index is 2.31. The van der Waals surface area contributed by atoms with Gasteiger partial charge in [-0.3, -0.25) is 4.57 Å². The van der Waals surface area contributed by atoms with E-state index in [1.165, 1.54) is 4.57 Å². The van der Waals surface area contributed by atoms with Crippen LogP contribution < -0.4 is 5.32 Å². The van der Waals surface area contributed by atoms with E-state index in [1.807, 2.05) is 0 Å². The molecule has 1 aliphatic heterocycles. The Morgan fingerprint density at radius 2 is 2.62 bits per heavy atom. The molecule has 0 radical (unpaired) electrons. The van der Waals surface area contributed by atoms with Crippen LogP contribution in [-0.2, 0) is 17.8 Å². The number of methoxy groups -OCH3 is 1. The first-order valence-electron chi connectivity index (χ1n) is 4.15. The molecule has 0 bridgehead atoms. The number of rotatable bonds is 2.